The minimum Gasteiger partial charge on any atom is -0.357 e. The lowest BCUT2D eigenvalue weighted by molar-refractivity contribution is 0.0966. The Morgan fingerprint density at radius 2 is 1.81 bits per heavy atom. The molecule has 160 valence electrons. The monoisotopic (exact) mass is 421 g/mol. The van der Waals surface area contributed by atoms with Crippen LogP contribution in [0.4, 0.5) is 0 Å². The molecule has 4 aromatic rings. The minimum atomic E-state index is 0.0309. The predicted octanol–water partition coefficient (Wildman–Crippen LogP) is 5.81. The lowest BCUT2D eigenvalue weighted by Gasteiger charge is -2.27. The fourth-order valence-electron chi connectivity index (χ4n) is 5.34. The van der Waals surface area contributed by atoms with Crippen LogP contribution in [-0.4, -0.2) is 10.9 Å². The van der Waals surface area contributed by atoms with E-state index in [1.807, 2.05) is 6.07 Å². The first-order chi connectivity index (χ1) is 15.7. The van der Waals surface area contributed by atoms with Gasteiger partial charge >= 0.3 is 0 Å². The van der Waals surface area contributed by atoms with Crippen molar-refractivity contribution in [1.29, 1.82) is 0 Å². The lowest BCUT2D eigenvalue weighted by atomic mass is 9.90. The third-order valence-corrected chi connectivity index (χ3v) is 7.09. The first-order valence-corrected chi connectivity index (χ1v) is 11.5. The average molecular weight is 422 g/mol. The van der Waals surface area contributed by atoms with Crippen LogP contribution in [0.1, 0.15) is 64.6 Å². The number of amides is 1. The van der Waals surface area contributed by atoms with Crippen LogP contribution in [0.15, 0.2) is 66.7 Å². The van der Waals surface area contributed by atoms with Crippen molar-refractivity contribution in [3.8, 4) is 11.1 Å². The van der Waals surface area contributed by atoms with Crippen molar-refractivity contribution in [2.75, 3.05) is 0 Å². The molecule has 1 aromatic heterocycles. The standard InChI is InChI=1S/C28H27N3O/c1-17(18-6-3-2-4-7-18)30-26-9-5-8-22-24-15-20(12-13-25(24)31-27(22)26)19-10-11-21-16-29-28(32)23(21)14-19/h2-4,6-7,10-15,17,26,30-31H,5,8-9,16H2,1H3,(H,29,32)/t17-,26?/m1/s1. The maximum atomic E-state index is 12.1. The molecule has 1 unspecified atom stereocenters. The van der Waals surface area contributed by atoms with E-state index in [0.29, 0.717) is 18.6 Å². The van der Waals surface area contributed by atoms with E-state index < -0.39 is 0 Å². The number of hydrogen-bond acceptors (Lipinski definition) is 2. The molecular formula is C28H27N3O. The zero-order valence-electron chi connectivity index (χ0n) is 18.2. The fraction of sp³-hybridized carbons (Fsp3) is 0.250. The summed E-state index contributed by atoms with van der Waals surface area (Å²) in [5.74, 6) is 0.0309. The van der Waals surface area contributed by atoms with Gasteiger partial charge in [-0.05, 0) is 72.2 Å². The van der Waals surface area contributed by atoms with E-state index in [1.54, 1.807) is 0 Å². The van der Waals surface area contributed by atoms with E-state index >= 15 is 0 Å². The molecule has 0 radical (unpaired) electrons. The molecule has 0 saturated carbocycles. The molecule has 4 heteroatoms. The Morgan fingerprint density at radius 3 is 2.69 bits per heavy atom. The summed E-state index contributed by atoms with van der Waals surface area (Å²) in [4.78, 5) is 15.8. The second-order valence-electron chi connectivity index (χ2n) is 9.08. The molecule has 32 heavy (non-hydrogen) atoms. The van der Waals surface area contributed by atoms with Crippen LogP contribution in [-0.2, 0) is 13.0 Å². The van der Waals surface area contributed by atoms with Gasteiger partial charge in [0.05, 0.1) is 0 Å². The number of H-pyrrole nitrogens is 1. The van der Waals surface area contributed by atoms with Crippen LogP contribution < -0.4 is 10.6 Å². The quantitative estimate of drug-likeness (QED) is 0.390. The van der Waals surface area contributed by atoms with E-state index in [9.17, 15) is 4.79 Å². The van der Waals surface area contributed by atoms with Gasteiger partial charge in [-0.3, -0.25) is 4.79 Å². The Labute approximate surface area is 188 Å². The molecule has 0 spiro atoms. The Balaban J connectivity index is 1.35. The topological polar surface area (TPSA) is 56.9 Å². The van der Waals surface area contributed by atoms with Gasteiger partial charge < -0.3 is 15.6 Å². The van der Waals surface area contributed by atoms with Gasteiger partial charge in [-0.1, -0.05) is 48.5 Å². The number of carbonyl (C=O) groups excluding carboxylic acids is 1. The molecule has 1 aliphatic heterocycles. The normalized spacial score (nSPS) is 18.3. The van der Waals surface area contributed by atoms with Crippen molar-refractivity contribution in [3.63, 3.8) is 0 Å². The summed E-state index contributed by atoms with van der Waals surface area (Å²) in [6, 6.07) is 24.2. The van der Waals surface area contributed by atoms with Crippen LogP contribution >= 0.6 is 0 Å². The third-order valence-electron chi connectivity index (χ3n) is 7.09. The summed E-state index contributed by atoms with van der Waals surface area (Å²) >= 11 is 0. The van der Waals surface area contributed by atoms with Gasteiger partial charge in [0.15, 0.2) is 0 Å². The molecule has 3 N–H and O–H groups in total. The number of benzene rings is 3. The molecule has 6 rings (SSSR count). The fourth-order valence-corrected chi connectivity index (χ4v) is 5.34. The number of fused-ring (bicyclic) bond motifs is 4. The van der Waals surface area contributed by atoms with Crippen LogP contribution in [0.3, 0.4) is 0 Å². The van der Waals surface area contributed by atoms with E-state index in [1.165, 1.54) is 34.1 Å². The number of nitrogens with one attached hydrogen (secondary N) is 3. The first kappa shape index (κ1) is 19.3. The van der Waals surface area contributed by atoms with E-state index in [0.717, 1.165) is 35.1 Å². The summed E-state index contributed by atoms with van der Waals surface area (Å²) in [6.07, 6.45) is 3.43. The molecule has 0 fully saturated rings. The number of rotatable bonds is 4. The SMILES string of the molecule is C[C@@H](NC1CCCc2c1[nH]c1ccc(-c3ccc4c(c3)C(=O)NC4)cc21)c1ccccc1. The largest absolute Gasteiger partial charge is 0.357 e. The molecule has 2 atom stereocenters. The molecule has 2 heterocycles. The van der Waals surface area contributed by atoms with E-state index in [-0.39, 0.29) is 5.91 Å². The third kappa shape index (κ3) is 3.23. The number of aryl methyl sites for hydroxylation is 1. The van der Waals surface area contributed by atoms with Crippen molar-refractivity contribution < 1.29 is 4.79 Å². The molecule has 4 nitrogen and oxygen atoms in total. The van der Waals surface area contributed by atoms with Crippen molar-refractivity contribution >= 4 is 16.8 Å². The van der Waals surface area contributed by atoms with Crippen molar-refractivity contribution in [3.05, 3.63) is 94.7 Å². The van der Waals surface area contributed by atoms with E-state index in [2.05, 4.69) is 83.2 Å². The van der Waals surface area contributed by atoms with Crippen LogP contribution in [0.5, 0.6) is 0 Å². The highest BCUT2D eigenvalue weighted by molar-refractivity contribution is 6.00. The zero-order valence-corrected chi connectivity index (χ0v) is 18.2. The van der Waals surface area contributed by atoms with Gasteiger partial charge in [-0.2, -0.15) is 0 Å². The predicted molar refractivity (Wildman–Crippen MR) is 129 cm³/mol. The molecule has 1 amide bonds. The smallest absolute Gasteiger partial charge is 0.251 e. The second kappa shape index (κ2) is 7.64. The van der Waals surface area contributed by atoms with Gasteiger partial charge in [0.1, 0.15) is 0 Å². The summed E-state index contributed by atoms with van der Waals surface area (Å²) in [5.41, 5.74) is 9.43. The summed E-state index contributed by atoms with van der Waals surface area (Å²) in [7, 11) is 0. The Morgan fingerprint density at radius 1 is 1.00 bits per heavy atom. The average Bonchev–Trinajstić information content (AvgIpc) is 3.40. The second-order valence-corrected chi connectivity index (χ2v) is 9.08. The lowest BCUT2D eigenvalue weighted by Crippen LogP contribution is -2.27. The molecule has 2 aliphatic rings. The molecule has 0 bridgehead atoms. The zero-order chi connectivity index (χ0) is 21.7. The minimum absolute atomic E-state index is 0.0309. The molecule has 1 aliphatic carbocycles. The Kier molecular flexibility index (Phi) is 4.62. The first-order valence-electron chi connectivity index (χ1n) is 11.5. The Hall–Kier alpha value is -3.37. The number of aromatic amines is 1. The van der Waals surface area contributed by atoms with Crippen LogP contribution in [0, 0.1) is 0 Å². The van der Waals surface area contributed by atoms with E-state index in [4.69, 9.17) is 0 Å². The maximum Gasteiger partial charge on any atom is 0.251 e. The van der Waals surface area contributed by atoms with Crippen LogP contribution in [0.2, 0.25) is 0 Å². The molecular weight excluding hydrogens is 394 g/mol. The van der Waals surface area contributed by atoms with Crippen LogP contribution in [0.25, 0.3) is 22.0 Å². The van der Waals surface area contributed by atoms with Gasteiger partial charge in [0.25, 0.3) is 5.91 Å². The van der Waals surface area contributed by atoms with Gasteiger partial charge in [0, 0.05) is 40.8 Å². The maximum absolute atomic E-state index is 12.1. The summed E-state index contributed by atoms with van der Waals surface area (Å²) < 4.78 is 0. The van der Waals surface area contributed by atoms with Gasteiger partial charge in [0.2, 0.25) is 0 Å². The van der Waals surface area contributed by atoms with Gasteiger partial charge in [-0.25, -0.2) is 0 Å². The Bertz CT molecular complexity index is 1320. The number of hydrogen-bond donors (Lipinski definition) is 3. The highest BCUT2D eigenvalue weighted by atomic mass is 16.1. The van der Waals surface area contributed by atoms with Gasteiger partial charge in [-0.15, -0.1) is 0 Å². The highest BCUT2D eigenvalue weighted by Gasteiger charge is 2.26. The van der Waals surface area contributed by atoms with Crippen molar-refractivity contribution in [1.82, 2.24) is 15.6 Å². The van der Waals surface area contributed by atoms with Crippen molar-refractivity contribution in [2.45, 2.75) is 44.8 Å². The summed E-state index contributed by atoms with van der Waals surface area (Å²) in [6.45, 7) is 2.88. The molecule has 3 aromatic carbocycles. The molecule has 0 saturated heterocycles. The van der Waals surface area contributed by atoms with Crippen molar-refractivity contribution in [2.24, 2.45) is 0 Å². The number of aromatic nitrogens is 1. The summed E-state index contributed by atoms with van der Waals surface area (Å²) in [5, 5.41) is 8.07. The number of carbonyl (C=O) groups is 1. The highest BCUT2D eigenvalue weighted by Crippen LogP contribution is 2.38.